The lowest BCUT2D eigenvalue weighted by Crippen LogP contribution is -2.51. The molecule has 2 N–H and O–H groups in total. The third-order valence-electron chi connectivity index (χ3n) is 5.61. The number of amides is 1. The fourth-order valence-electron chi connectivity index (χ4n) is 4.16. The number of aromatic nitrogens is 2. The van der Waals surface area contributed by atoms with E-state index >= 15 is 0 Å². The van der Waals surface area contributed by atoms with Gasteiger partial charge >= 0.3 is 0 Å². The topological polar surface area (TPSA) is 72.5 Å². The number of fused-ring (bicyclic) bond motifs is 1. The molecule has 0 bridgehead atoms. The first-order valence-electron chi connectivity index (χ1n) is 9.49. The zero-order chi connectivity index (χ0) is 17.9. The van der Waals surface area contributed by atoms with E-state index in [1.165, 1.54) is 5.56 Å². The highest BCUT2D eigenvalue weighted by molar-refractivity contribution is 5.82. The minimum Gasteiger partial charge on any atom is -0.390 e. The van der Waals surface area contributed by atoms with E-state index in [-0.39, 0.29) is 18.6 Å². The molecular weight excluding hydrogens is 328 g/mol. The van der Waals surface area contributed by atoms with Crippen LogP contribution in [0.3, 0.4) is 0 Å². The number of hydrogen-bond acceptors (Lipinski definition) is 4. The van der Waals surface area contributed by atoms with Crippen molar-refractivity contribution in [3.8, 4) is 0 Å². The summed E-state index contributed by atoms with van der Waals surface area (Å²) < 4.78 is 0. The van der Waals surface area contributed by atoms with Crippen LogP contribution in [-0.2, 0) is 30.9 Å². The largest absolute Gasteiger partial charge is 0.390 e. The highest BCUT2D eigenvalue weighted by Gasteiger charge is 2.34. The molecule has 0 saturated carbocycles. The molecule has 1 amide bonds. The van der Waals surface area contributed by atoms with E-state index in [2.05, 4.69) is 39.4 Å². The minimum absolute atomic E-state index is 0.0463. The summed E-state index contributed by atoms with van der Waals surface area (Å²) in [6.45, 7) is 2.98. The van der Waals surface area contributed by atoms with Gasteiger partial charge in [0.1, 0.15) is 0 Å². The van der Waals surface area contributed by atoms with Crippen molar-refractivity contribution < 1.29 is 9.90 Å². The third kappa shape index (κ3) is 3.39. The van der Waals surface area contributed by atoms with Crippen molar-refractivity contribution in [2.45, 2.75) is 51.4 Å². The van der Waals surface area contributed by atoms with Gasteiger partial charge in [-0.25, -0.2) is 0 Å². The molecule has 0 radical (unpaired) electrons. The smallest absolute Gasteiger partial charge is 0.240 e. The highest BCUT2D eigenvalue weighted by atomic mass is 16.3. The van der Waals surface area contributed by atoms with Gasteiger partial charge in [-0.3, -0.25) is 14.8 Å². The van der Waals surface area contributed by atoms with Gasteiger partial charge in [-0.1, -0.05) is 36.8 Å². The molecular formula is C20H26N4O2. The van der Waals surface area contributed by atoms with Gasteiger partial charge in [0.05, 0.1) is 18.3 Å². The third-order valence-corrected chi connectivity index (χ3v) is 5.61. The van der Waals surface area contributed by atoms with E-state index in [0.29, 0.717) is 18.8 Å². The van der Waals surface area contributed by atoms with Gasteiger partial charge in [-0.15, -0.1) is 0 Å². The fourth-order valence-corrected chi connectivity index (χ4v) is 4.16. The Bertz CT molecular complexity index is 745. The molecule has 4 rings (SSSR count). The predicted molar refractivity (Wildman–Crippen MR) is 98.1 cm³/mol. The van der Waals surface area contributed by atoms with Crippen LogP contribution in [0.5, 0.6) is 0 Å². The summed E-state index contributed by atoms with van der Waals surface area (Å²) >= 11 is 0. The van der Waals surface area contributed by atoms with Gasteiger partial charge in [0.15, 0.2) is 0 Å². The molecule has 1 aromatic heterocycles. The van der Waals surface area contributed by atoms with Crippen molar-refractivity contribution in [1.29, 1.82) is 0 Å². The minimum atomic E-state index is -0.0859. The van der Waals surface area contributed by atoms with E-state index in [4.69, 9.17) is 0 Å². The summed E-state index contributed by atoms with van der Waals surface area (Å²) in [5.41, 5.74) is 3.98. The van der Waals surface area contributed by atoms with Crippen molar-refractivity contribution in [1.82, 2.24) is 20.0 Å². The Balaban J connectivity index is 1.49. The van der Waals surface area contributed by atoms with Gasteiger partial charge in [-0.05, 0) is 24.9 Å². The van der Waals surface area contributed by atoms with Crippen LogP contribution < -0.4 is 0 Å². The van der Waals surface area contributed by atoms with Crippen LogP contribution in [0.25, 0.3) is 0 Å². The molecule has 1 saturated heterocycles. The molecule has 1 unspecified atom stereocenters. The average molecular weight is 354 g/mol. The summed E-state index contributed by atoms with van der Waals surface area (Å²) in [5.74, 6) is 0.219. The van der Waals surface area contributed by atoms with Crippen LogP contribution in [0.2, 0.25) is 0 Å². The Kier molecular flexibility index (Phi) is 5.04. The molecule has 26 heavy (non-hydrogen) atoms. The van der Waals surface area contributed by atoms with Crippen molar-refractivity contribution >= 4 is 5.91 Å². The molecule has 138 valence electrons. The Hall–Kier alpha value is -2.18. The van der Waals surface area contributed by atoms with Crippen LogP contribution in [0.1, 0.15) is 41.8 Å². The normalized spacial score (nSPS) is 20.8. The quantitative estimate of drug-likeness (QED) is 0.879. The highest BCUT2D eigenvalue weighted by Crippen LogP contribution is 2.25. The van der Waals surface area contributed by atoms with E-state index in [1.54, 1.807) is 0 Å². The van der Waals surface area contributed by atoms with Crippen molar-refractivity contribution in [2.24, 2.45) is 0 Å². The standard InChI is InChI=1S/C20H26N4O2/c25-14-18-16-13-24(11-9-17(16)21-22-18)20(26)19-8-4-5-10-23(19)12-15-6-2-1-3-7-15/h1-3,6-7,19,25H,4-5,8-14H2,(H,21,22). The van der Waals surface area contributed by atoms with E-state index in [9.17, 15) is 9.90 Å². The van der Waals surface area contributed by atoms with Crippen LogP contribution in [0.15, 0.2) is 30.3 Å². The van der Waals surface area contributed by atoms with Crippen LogP contribution in [0.4, 0.5) is 0 Å². The maximum Gasteiger partial charge on any atom is 0.240 e. The molecule has 2 aliphatic rings. The van der Waals surface area contributed by atoms with Gasteiger partial charge in [0.2, 0.25) is 5.91 Å². The summed E-state index contributed by atoms with van der Waals surface area (Å²) in [5, 5.41) is 16.6. The zero-order valence-electron chi connectivity index (χ0n) is 15.0. The number of hydrogen-bond donors (Lipinski definition) is 2. The Morgan fingerprint density at radius 1 is 1.23 bits per heavy atom. The lowest BCUT2D eigenvalue weighted by molar-refractivity contribution is -0.139. The van der Waals surface area contributed by atoms with Gasteiger partial charge in [-0.2, -0.15) is 5.10 Å². The first-order chi connectivity index (χ1) is 12.8. The summed E-state index contributed by atoms with van der Waals surface area (Å²) in [4.78, 5) is 17.6. The summed E-state index contributed by atoms with van der Waals surface area (Å²) in [6, 6.07) is 10.3. The van der Waals surface area contributed by atoms with Gasteiger partial charge in [0, 0.05) is 37.3 Å². The summed E-state index contributed by atoms with van der Waals surface area (Å²) in [7, 11) is 0. The number of aliphatic hydroxyl groups is 1. The number of nitrogens with one attached hydrogen (secondary N) is 1. The monoisotopic (exact) mass is 354 g/mol. The van der Waals surface area contributed by atoms with E-state index in [0.717, 1.165) is 50.0 Å². The van der Waals surface area contributed by atoms with E-state index < -0.39 is 0 Å². The van der Waals surface area contributed by atoms with Crippen LogP contribution in [0, 0.1) is 0 Å². The van der Waals surface area contributed by atoms with Crippen LogP contribution in [-0.4, -0.2) is 50.1 Å². The first-order valence-corrected chi connectivity index (χ1v) is 9.49. The molecule has 0 aliphatic carbocycles. The van der Waals surface area contributed by atoms with E-state index in [1.807, 2.05) is 11.0 Å². The molecule has 6 heteroatoms. The number of rotatable bonds is 4. The number of likely N-dealkylation sites (tertiary alicyclic amines) is 1. The molecule has 3 heterocycles. The van der Waals surface area contributed by atoms with Crippen molar-refractivity contribution in [3.05, 3.63) is 52.8 Å². The number of aliphatic hydroxyl groups excluding tert-OH is 1. The average Bonchev–Trinajstić information content (AvgIpc) is 3.11. The Morgan fingerprint density at radius 2 is 2.08 bits per heavy atom. The van der Waals surface area contributed by atoms with Gasteiger partial charge in [0.25, 0.3) is 0 Å². The number of nitrogens with zero attached hydrogens (tertiary/aromatic N) is 3. The second kappa shape index (κ2) is 7.60. The summed E-state index contributed by atoms with van der Waals surface area (Å²) in [6.07, 6.45) is 3.96. The lowest BCUT2D eigenvalue weighted by atomic mass is 9.98. The molecule has 6 nitrogen and oxygen atoms in total. The molecule has 2 aromatic rings. The Labute approximate surface area is 153 Å². The number of H-pyrrole nitrogens is 1. The first kappa shape index (κ1) is 17.2. The molecule has 1 aromatic carbocycles. The molecule has 1 atom stereocenters. The molecule has 0 spiro atoms. The van der Waals surface area contributed by atoms with Crippen LogP contribution >= 0.6 is 0 Å². The van der Waals surface area contributed by atoms with Crippen molar-refractivity contribution in [3.63, 3.8) is 0 Å². The number of piperidine rings is 1. The zero-order valence-corrected chi connectivity index (χ0v) is 15.0. The lowest BCUT2D eigenvalue weighted by Gasteiger charge is -2.38. The Morgan fingerprint density at radius 3 is 2.88 bits per heavy atom. The SMILES string of the molecule is O=C(C1CCCCN1Cc1ccccc1)N1CCc2[nH]nc(CO)c2C1. The van der Waals surface area contributed by atoms with Crippen molar-refractivity contribution in [2.75, 3.05) is 13.1 Å². The molecule has 1 fully saturated rings. The fraction of sp³-hybridized carbons (Fsp3) is 0.500. The number of aromatic amines is 1. The second-order valence-electron chi connectivity index (χ2n) is 7.26. The number of benzene rings is 1. The number of carbonyl (C=O) groups excluding carboxylic acids is 1. The predicted octanol–water partition coefficient (Wildman–Crippen LogP) is 1.84. The maximum absolute atomic E-state index is 13.3. The maximum atomic E-state index is 13.3. The molecule has 2 aliphatic heterocycles. The second-order valence-corrected chi connectivity index (χ2v) is 7.26. The van der Waals surface area contributed by atoms with Gasteiger partial charge < -0.3 is 10.0 Å². The number of carbonyl (C=O) groups is 1.